The highest BCUT2D eigenvalue weighted by molar-refractivity contribution is 9.10. The summed E-state index contributed by atoms with van der Waals surface area (Å²) in [5.74, 6) is -1.35. The Morgan fingerprint density at radius 2 is 2.05 bits per heavy atom. The lowest BCUT2D eigenvalue weighted by Crippen LogP contribution is -2.26. The topological polar surface area (TPSA) is 98.8 Å². The van der Waals surface area contributed by atoms with Gasteiger partial charge in [0, 0.05) is 0 Å². The smallest absolute Gasteiger partial charge is 0.335 e. The van der Waals surface area contributed by atoms with Crippen molar-refractivity contribution in [2.24, 2.45) is 11.7 Å². The van der Waals surface area contributed by atoms with Crippen LogP contribution in [-0.2, 0) is 4.79 Å². The first kappa shape index (κ1) is 16.3. The van der Waals surface area contributed by atoms with Crippen molar-refractivity contribution in [2.45, 2.75) is 13.8 Å². The van der Waals surface area contributed by atoms with Gasteiger partial charge < -0.3 is 20.3 Å². The summed E-state index contributed by atoms with van der Waals surface area (Å²) < 4.78 is 11.3. The van der Waals surface area contributed by atoms with Crippen molar-refractivity contribution >= 4 is 27.8 Å². The van der Waals surface area contributed by atoms with Crippen molar-refractivity contribution in [3.8, 4) is 11.5 Å². The molecule has 20 heavy (non-hydrogen) atoms. The second kappa shape index (κ2) is 7.14. The molecule has 0 spiro atoms. The van der Waals surface area contributed by atoms with Gasteiger partial charge in [-0.15, -0.1) is 0 Å². The molecule has 7 heteroatoms. The van der Waals surface area contributed by atoms with E-state index in [0.29, 0.717) is 22.6 Å². The molecule has 0 aliphatic heterocycles. The molecule has 0 aromatic heterocycles. The number of carboxylic acids is 1. The Hall–Kier alpha value is -1.76. The van der Waals surface area contributed by atoms with Crippen LogP contribution in [0.2, 0.25) is 0 Å². The molecule has 0 aliphatic rings. The van der Waals surface area contributed by atoms with Crippen LogP contribution < -0.4 is 15.2 Å². The standard InChI is InChI=1S/C13H16BrNO5/c1-3-19-10-5-8(13(17)18)4-9(14)11(10)20-6-7(2)12(15)16/h4-5,7H,3,6H2,1-2H3,(H2,15,16)(H,17,18). The van der Waals surface area contributed by atoms with Gasteiger partial charge in [-0.05, 0) is 35.0 Å². The number of hydrogen-bond donors (Lipinski definition) is 2. The minimum Gasteiger partial charge on any atom is -0.490 e. The molecular weight excluding hydrogens is 330 g/mol. The molecule has 0 aliphatic carbocycles. The van der Waals surface area contributed by atoms with Gasteiger partial charge in [0.1, 0.15) is 0 Å². The molecule has 1 aromatic rings. The quantitative estimate of drug-likeness (QED) is 0.787. The van der Waals surface area contributed by atoms with E-state index in [-0.39, 0.29) is 12.2 Å². The number of ether oxygens (including phenoxy) is 2. The lowest BCUT2D eigenvalue weighted by Gasteiger charge is -2.16. The van der Waals surface area contributed by atoms with Crippen molar-refractivity contribution < 1.29 is 24.2 Å². The average molecular weight is 346 g/mol. The fourth-order valence-corrected chi connectivity index (χ4v) is 1.94. The van der Waals surface area contributed by atoms with Crippen molar-refractivity contribution in [3.05, 3.63) is 22.2 Å². The fourth-order valence-electron chi connectivity index (χ4n) is 1.38. The number of primary amides is 1. The van der Waals surface area contributed by atoms with Crippen LogP contribution in [-0.4, -0.2) is 30.2 Å². The largest absolute Gasteiger partial charge is 0.490 e. The van der Waals surface area contributed by atoms with Crippen LogP contribution in [0.5, 0.6) is 11.5 Å². The Bertz CT molecular complexity index is 518. The highest BCUT2D eigenvalue weighted by Crippen LogP contribution is 2.37. The predicted octanol–water partition coefficient (Wildman–Crippen LogP) is 2.05. The van der Waals surface area contributed by atoms with Gasteiger partial charge >= 0.3 is 5.97 Å². The summed E-state index contributed by atoms with van der Waals surface area (Å²) in [4.78, 5) is 22.0. The highest BCUT2D eigenvalue weighted by atomic mass is 79.9. The number of rotatable bonds is 7. The summed E-state index contributed by atoms with van der Waals surface area (Å²) in [6, 6.07) is 2.79. The number of carbonyl (C=O) groups is 2. The minimum absolute atomic E-state index is 0.0793. The van der Waals surface area contributed by atoms with Crippen molar-refractivity contribution in [3.63, 3.8) is 0 Å². The monoisotopic (exact) mass is 345 g/mol. The molecule has 0 saturated carbocycles. The molecule has 1 aromatic carbocycles. The third-order valence-electron chi connectivity index (χ3n) is 2.52. The number of carboxylic acid groups (broad SMARTS) is 1. The normalized spacial score (nSPS) is 11.8. The van der Waals surface area contributed by atoms with Crippen LogP contribution >= 0.6 is 15.9 Å². The summed E-state index contributed by atoms with van der Waals surface area (Å²) >= 11 is 3.24. The number of amides is 1. The van der Waals surface area contributed by atoms with Crippen LogP contribution in [0.4, 0.5) is 0 Å². The Labute approximate surface area is 125 Å². The van der Waals surface area contributed by atoms with E-state index in [0.717, 1.165) is 0 Å². The molecule has 1 amide bonds. The summed E-state index contributed by atoms with van der Waals surface area (Å²) in [6.07, 6.45) is 0. The molecular formula is C13H16BrNO5. The van der Waals surface area contributed by atoms with Crippen molar-refractivity contribution in [1.82, 2.24) is 0 Å². The maximum atomic E-state index is 11.0. The lowest BCUT2D eigenvalue weighted by molar-refractivity contribution is -0.122. The van der Waals surface area contributed by atoms with E-state index in [1.807, 2.05) is 0 Å². The second-order valence-electron chi connectivity index (χ2n) is 4.14. The maximum absolute atomic E-state index is 11.0. The van der Waals surface area contributed by atoms with Gasteiger partial charge in [0.05, 0.1) is 29.2 Å². The van der Waals surface area contributed by atoms with Gasteiger partial charge in [0.2, 0.25) is 5.91 Å². The average Bonchev–Trinajstić information content (AvgIpc) is 2.37. The van der Waals surface area contributed by atoms with E-state index in [1.54, 1.807) is 13.8 Å². The predicted molar refractivity (Wildman–Crippen MR) is 76.1 cm³/mol. The Kier molecular flexibility index (Phi) is 5.82. The molecule has 3 N–H and O–H groups in total. The van der Waals surface area contributed by atoms with E-state index in [9.17, 15) is 9.59 Å². The first-order chi connectivity index (χ1) is 9.36. The van der Waals surface area contributed by atoms with Crippen molar-refractivity contribution in [2.75, 3.05) is 13.2 Å². The third kappa shape index (κ3) is 4.12. The third-order valence-corrected chi connectivity index (χ3v) is 3.11. The van der Waals surface area contributed by atoms with Gasteiger partial charge in [-0.1, -0.05) is 6.92 Å². The molecule has 110 valence electrons. The summed E-state index contributed by atoms with van der Waals surface area (Å²) in [5.41, 5.74) is 5.24. The zero-order chi connectivity index (χ0) is 15.3. The molecule has 1 unspecified atom stereocenters. The molecule has 1 rings (SSSR count). The van der Waals surface area contributed by atoms with E-state index in [1.165, 1.54) is 12.1 Å². The van der Waals surface area contributed by atoms with Crippen LogP contribution in [0.3, 0.4) is 0 Å². The van der Waals surface area contributed by atoms with Gasteiger partial charge in [-0.25, -0.2) is 4.79 Å². The van der Waals surface area contributed by atoms with Crippen molar-refractivity contribution in [1.29, 1.82) is 0 Å². The van der Waals surface area contributed by atoms with Gasteiger partial charge in [0.15, 0.2) is 11.5 Å². The van der Waals surface area contributed by atoms with Gasteiger partial charge in [-0.3, -0.25) is 4.79 Å². The van der Waals surface area contributed by atoms with E-state index >= 15 is 0 Å². The molecule has 0 saturated heterocycles. The Balaban J connectivity index is 3.04. The molecule has 6 nitrogen and oxygen atoms in total. The summed E-state index contributed by atoms with van der Waals surface area (Å²) in [7, 11) is 0. The first-order valence-electron chi connectivity index (χ1n) is 5.98. The molecule has 0 bridgehead atoms. The zero-order valence-electron chi connectivity index (χ0n) is 11.2. The molecule has 0 radical (unpaired) electrons. The zero-order valence-corrected chi connectivity index (χ0v) is 12.8. The Morgan fingerprint density at radius 1 is 1.40 bits per heavy atom. The van der Waals surface area contributed by atoms with Crippen LogP contribution in [0.25, 0.3) is 0 Å². The molecule has 0 heterocycles. The van der Waals surface area contributed by atoms with Crippen LogP contribution in [0.1, 0.15) is 24.2 Å². The Morgan fingerprint density at radius 3 is 2.55 bits per heavy atom. The lowest BCUT2D eigenvalue weighted by atomic mass is 10.2. The van der Waals surface area contributed by atoms with Crippen LogP contribution in [0, 0.1) is 5.92 Å². The fraction of sp³-hybridized carbons (Fsp3) is 0.385. The number of benzene rings is 1. The summed E-state index contributed by atoms with van der Waals surface area (Å²) in [6.45, 7) is 3.86. The number of halogens is 1. The second-order valence-corrected chi connectivity index (χ2v) is 4.99. The van der Waals surface area contributed by atoms with E-state index < -0.39 is 17.8 Å². The van der Waals surface area contributed by atoms with E-state index in [2.05, 4.69) is 15.9 Å². The summed E-state index contributed by atoms with van der Waals surface area (Å²) in [5, 5.41) is 9.01. The molecule has 1 atom stereocenters. The van der Waals surface area contributed by atoms with Crippen LogP contribution in [0.15, 0.2) is 16.6 Å². The maximum Gasteiger partial charge on any atom is 0.335 e. The molecule has 0 fully saturated rings. The number of nitrogens with two attached hydrogens (primary N) is 1. The van der Waals surface area contributed by atoms with Gasteiger partial charge in [0.25, 0.3) is 0 Å². The number of aromatic carboxylic acids is 1. The minimum atomic E-state index is -1.07. The number of hydrogen-bond acceptors (Lipinski definition) is 4. The number of carbonyl (C=O) groups excluding carboxylic acids is 1. The van der Waals surface area contributed by atoms with E-state index in [4.69, 9.17) is 20.3 Å². The SMILES string of the molecule is CCOc1cc(C(=O)O)cc(Br)c1OCC(C)C(N)=O. The van der Waals surface area contributed by atoms with Gasteiger partial charge in [-0.2, -0.15) is 0 Å². The first-order valence-corrected chi connectivity index (χ1v) is 6.77. The highest BCUT2D eigenvalue weighted by Gasteiger charge is 2.17.